The fourth-order valence-corrected chi connectivity index (χ4v) is 2.93. The van der Waals surface area contributed by atoms with Crippen LogP contribution in [0.15, 0.2) is 53.6 Å². The van der Waals surface area contributed by atoms with Gasteiger partial charge in [-0.2, -0.15) is 0 Å². The van der Waals surface area contributed by atoms with Gasteiger partial charge < -0.3 is 5.11 Å². The molecule has 2 rings (SSSR count). The number of halogens is 1. The zero-order valence-corrected chi connectivity index (χ0v) is 13.8. The summed E-state index contributed by atoms with van der Waals surface area (Å²) in [6.07, 6.45) is 7.54. The number of aliphatic hydroxyl groups excluding tert-OH is 1. The number of hydrogen-bond donors (Lipinski definition) is 1. The van der Waals surface area contributed by atoms with Crippen LogP contribution in [0, 0.1) is 11.2 Å². The van der Waals surface area contributed by atoms with Gasteiger partial charge in [0.1, 0.15) is 5.82 Å². The van der Waals surface area contributed by atoms with Gasteiger partial charge in [-0.15, -0.1) is 0 Å². The summed E-state index contributed by atoms with van der Waals surface area (Å²) in [6, 6.07) is 6.09. The third-order valence-electron chi connectivity index (χ3n) is 4.40. The van der Waals surface area contributed by atoms with Gasteiger partial charge in [-0.05, 0) is 66.2 Å². The van der Waals surface area contributed by atoms with E-state index in [0.29, 0.717) is 5.56 Å². The van der Waals surface area contributed by atoms with Crippen LogP contribution >= 0.6 is 0 Å². The molecule has 23 heavy (non-hydrogen) atoms. The Balaban J connectivity index is 2.13. The Morgan fingerprint density at radius 3 is 2.70 bits per heavy atom. The highest BCUT2D eigenvalue weighted by atomic mass is 19.1. The number of benzene rings is 1. The summed E-state index contributed by atoms with van der Waals surface area (Å²) in [5.41, 5.74) is 2.55. The predicted molar refractivity (Wildman–Crippen MR) is 91.3 cm³/mol. The second kappa shape index (κ2) is 7.05. The van der Waals surface area contributed by atoms with Crippen LogP contribution in [-0.2, 0) is 4.79 Å². The minimum atomic E-state index is -0.430. The first-order chi connectivity index (χ1) is 10.8. The third-order valence-corrected chi connectivity index (χ3v) is 4.40. The molecule has 1 aliphatic carbocycles. The highest BCUT2D eigenvalue weighted by Crippen LogP contribution is 2.40. The number of carbonyl (C=O) groups excluding carboxylic acids is 1. The lowest BCUT2D eigenvalue weighted by Crippen LogP contribution is -2.27. The van der Waals surface area contributed by atoms with Crippen molar-refractivity contribution in [2.45, 2.75) is 39.7 Å². The summed E-state index contributed by atoms with van der Waals surface area (Å²) in [4.78, 5) is 12.0. The summed E-state index contributed by atoms with van der Waals surface area (Å²) in [6.45, 7) is 6.16. The topological polar surface area (TPSA) is 37.3 Å². The largest absolute Gasteiger partial charge is 0.389 e. The molecule has 0 aromatic heterocycles. The zero-order valence-electron chi connectivity index (χ0n) is 13.8. The minimum absolute atomic E-state index is 0.0492. The SMILES string of the molecule is CC1=C(/C=C/C(=O)/C=C/c2cccc(F)c2)C(C)(C)CCC1O. The molecule has 3 heteroatoms. The van der Waals surface area contributed by atoms with Crippen LogP contribution in [0.1, 0.15) is 39.2 Å². The quantitative estimate of drug-likeness (QED) is 0.833. The maximum atomic E-state index is 13.1. The van der Waals surface area contributed by atoms with E-state index in [4.69, 9.17) is 0 Å². The molecule has 1 aromatic rings. The molecule has 0 saturated heterocycles. The Morgan fingerprint density at radius 2 is 2.00 bits per heavy atom. The van der Waals surface area contributed by atoms with Gasteiger partial charge in [-0.1, -0.05) is 38.1 Å². The first kappa shape index (κ1) is 17.4. The van der Waals surface area contributed by atoms with Crippen LogP contribution in [0.4, 0.5) is 4.39 Å². The normalized spacial score (nSPS) is 21.3. The summed E-state index contributed by atoms with van der Waals surface area (Å²) in [7, 11) is 0. The van der Waals surface area contributed by atoms with Crippen LogP contribution in [0.5, 0.6) is 0 Å². The number of hydrogen-bond acceptors (Lipinski definition) is 2. The van der Waals surface area contributed by atoms with Gasteiger partial charge in [0.25, 0.3) is 0 Å². The van der Waals surface area contributed by atoms with E-state index >= 15 is 0 Å². The highest BCUT2D eigenvalue weighted by Gasteiger charge is 2.30. The van der Waals surface area contributed by atoms with Crippen LogP contribution in [0.25, 0.3) is 6.08 Å². The smallest absolute Gasteiger partial charge is 0.178 e. The second-order valence-corrected chi connectivity index (χ2v) is 6.66. The predicted octanol–water partition coefficient (Wildman–Crippen LogP) is 4.46. The van der Waals surface area contributed by atoms with E-state index in [1.165, 1.54) is 24.3 Å². The van der Waals surface area contributed by atoms with Crippen molar-refractivity contribution in [3.63, 3.8) is 0 Å². The van der Waals surface area contributed by atoms with Crippen LogP contribution < -0.4 is 0 Å². The van der Waals surface area contributed by atoms with Crippen LogP contribution in [-0.4, -0.2) is 17.0 Å². The first-order valence-electron chi connectivity index (χ1n) is 7.84. The van der Waals surface area contributed by atoms with Crippen molar-refractivity contribution in [3.8, 4) is 0 Å². The molecule has 2 nitrogen and oxygen atoms in total. The number of rotatable bonds is 4. The summed E-state index contributed by atoms with van der Waals surface area (Å²) in [5.74, 6) is -0.487. The van der Waals surface area contributed by atoms with E-state index in [-0.39, 0.29) is 17.0 Å². The molecule has 1 aromatic carbocycles. The average molecular weight is 314 g/mol. The molecular formula is C20H23FO2. The molecule has 0 radical (unpaired) electrons. The summed E-state index contributed by atoms with van der Waals surface area (Å²) in [5, 5.41) is 10.00. The fourth-order valence-electron chi connectivity index (χ4n) is 2.93. The van der Waals surface area contributed by atoms with Gasteiger partial charge >= 0.3 is 0 Å². The van der Waals surface area contributed by atoms with Gasteiger partial charge in [0.05, 0.1) is 6.10 Å². The Labute approximate surface area is 137 Å². The van der Waals surface area contributed by atoms with Gasteiger partial charge in [0.15, 0.2) is 5.78 Å². The van der Waals surface area contributed by atoms with Gasteiger partial charge in [-0.25, -0.2) is 4.39 Å². The van der Waals surface area contributed by atoms with Crippen LogP contribution in [0.2, 0.25) is 0 Å². The number of aliphatic hydroxyl groups is 1. The van der Waals surface area contributed by atoms with Crippen molar-refractivity contribution < 1.29 is 14.3 Å². The number of ketones is 1. The average Bonchev–Trinajstić information content (AvgIpc) is 2.49. The third kappa shape index (κ3) is 4.49. The van der Waals surface area contributed by atoms with Crippen molar-refractivity contribution in [1.29, 1.82) is 0 Å². The molecule has 1 N–H and O–H groups in total. The number of allylic oxidation sites excluding steroid dienone is 4. The monoisotopic (exact) mass is 314 g/mol. The lowest BCUT2D eigenvalue weighted by atomic mass is 9.71. The molecule has 1 aliphatic rings. The van der Waals surface area contributed by atoms with Crippen molar-refractivity contribution in [2.24, 2.45) is 5.41 Å². The van der Waals surface area contributed by atoms with Crippen LogP contribution in [0.3, 0.4) is 0 Å². The minimum Gasteiger partial charge on any atom is -0.389 e. The van der Waals surface area contributed by atoms with E-state index in [1.54, 1.807) is 24.3 Å². The molecule has 0 aliphatic heterocycles. The summed E-state index contributed by atoms with van der Waals surface area (Å²) >= 11 is 0. The fraction of sp³-hybridized carbons (Fsp3) is 0.350. The Bertz CT molecular complexity index is 681. The van der Waals surface area contributed by atoms with Gasteiger partial charge in [0, 0.05) is 0 Å². The highest BCUT2D eigenvalue weighted by molar-refractivity contribution is 6.02. The van der Waals surface area contributed by atoms with E-state index in [2.05, 4.69) is 13.8 Å². The van der Waals surface area contributed by atoms with Gasteiger partial charge in [-0.3, -0.25) is 4.79 Å². The first-order valence-corrected chi connectivity index (χ1v) is 7.84. The summed E-state index contributed by atoms with van der Waals surface area (Å²) < 4.78 is 13.1. The lowest BCUT2D eigenvalue weighted by Gasteiger charge is -2.35. The molecule has 0 bridgehead atoms. The van der Waals surface area contributed by atoms with Gasteiger partial charge in [0.2, 0.25) is 0 Å². The second-order valence-electron chi connectivity index (χ2n) is 6.66. The molecule has 1 unspecified atom stereocenters. The molecule has 0 fully saturated rings. The molecule has 1 atom stereocenters. The Kier molecular flexibility index (Phi) is 5.32. The molecule has 0 heterocycles. The van der Waals surface area contributed by atoms with Crippen molar-refractivity contribution in [2.75, 3.05) is 0 Å². The Morgan fingerprint density at radius 1 is 1.30 bits per heavy atom. The van der Waals surface area contributed by atoms with E-state index in [1.807, 2.05) is 6.92 Å². The maximum absolute atomic E-state index is 13.1. The molecule has 0 spiro atoms. The standard InChI is InChI=1S/C20H23FO2/c1-14-18(20(2,3)12-11-19(14)23)10-9-17(22)8-7-15-5-4-6-16(21)13-15/h4-10,13,19,23H,11-12H2,1-3H3/b8-7+,10-9+. The zero-order chi connectivity index (χ0) is 17.0. The van der Waals surface area contributed by atoms with Crippen molar-refractivity contribution in [3.05, 3.63) is 65.0 Å². The lowest BCUT2D eigenvalue weighted by molar-refractivity contribution is -0.110. The van der Waals surface area contributed by atoms with E-state index in [0.717, 1.165) is 24.0 Å². The van der Waals surface area contributed by atoms with E-state index in [9.17, 15) is 14.3 Å². The number of carbonyl (C=O) groups is 1. The molecular weight excluding hydrogens is 291 g/mol. The Hall–Kier alpha value is -2.00. The van der Waals surface area contributed by atoms with Crippen molar-refractivity contribution in [1.82, 2.24) is 0 Å². The molecule has 0 amide bonds. The van der Waals surface area contributed by atoms with E-state index < -0.39 is 6.10 Å². The molecule has 122 valence electrons. The van der Waals surface area contributed by atoms with Crippen molar-refractivity contribution >= 4 is 11.9 Å². The molecule has 0 saturated carbocycles. The maximum Gasteiger partial charge on any atom is 0.178 e.